The van der Waals surface area contributed by atoms with Gasteiger partial charge in [-0.15, -0.1) is 11.3 Å². The summed E-state index contributed by atoms with van der Waals surface area (Å²) >= 11 is 4.87. The van der Waals surface area contributed by atoms with Crippen LogP contribution in [0.5, 0.6) is 0 Å². The molecular formula is C8H5BrN2S. The average Bonchev–Trinajstić information content (AvgIpc) is 2.54. The van der Waals surface area contributed by atoms with E-state index in [0.717, 1.165) is 15.3 Å². The Kier molecular flexibility index (Phi) is 2.19. The lowest BCUT2D eigenvalue weighted by Gasteiger charge is -1.91. The zero-order chi connectivity index (χ0) is 8.39. The van der Waals surface area contributed by atoms with Crippen molar-refractivity contribution >= 4 is 27.3 Å². The van der Waals surface area contributed by atoms with Gasteiger partial charge in [0.1, 0.15) is 5.69 Å². The van der Waals surface area contributed by atoms with Crippen LogP contribution in [0.15, 0.2) is 33.7 Å². The highest BCUT2D eigenvalue weighted by Crippen LogP contribution is 2.22. The Morgan fingerprint density at radius 1 is 1.25 bits per heavy atom. The molecular weight excluding hydrogens is 236 g/mol. The highest BCUT2D eigenvalue weighted by atomic mass is 79.9. The molecule has 4 heteroatoms. The van der Waals surface area contributed by atoms with Gasteiger partial charge in [0, 0.05) is 11.6 Å². The first kappa shape index (κ1) is 7.89. The lowest BCUT2D eigenvalue weighted by molar-refractivity contribution is 1.27. The Morgan fingerprint density at radius 3 is 2.75 bits per heavy atom. The van der Waals surface area contributed by atoms with E-state index in [1.165, 1.54) is 0 Å². The fourth-order valence-corrected chi connectivity index (χ4v) is 1.89. The van der Waals surface area contributed by atoms with Crippen molar-refractivity contribution in [2.75, 3.05) is 0 Å². The topological polar surface area (TPSA) is 25.8 Å². The van der Waals surface area contributed by atoms with Gasteiger partial charge in [-0.3, -0.25) is 4.98 Å². The van der Waals surface area contributed by atoms with E-state index in [9.17, 15) is 0 Å². The predicted octanol–water partition coefficient (Wildman–Crippen LogP) is 2.97. The van der Waals surface area contributed by atoms with E-state index < -0.39 is 0 Å². The van der Waals surface area contributed by atoms with E-state index in [4.69, 9.17) is 0 Å². The van der Waals surface area contributed by atoms with Gasteiger partial charge in [0.15, 0.2) is 3.92 Å². The monoisotopic (exact) mass is 240 g/mol. The standard InChI is InChI=1S/C8H5BrN2S/c9-8-11-7(5-12-8)6-3-1-2-4-10-6/h1-5H. The first-order chi connectivity index (χ1) is 5.86. The van der Waals surface area contributed by atoms with Crippen LogP contribution in [-0.2, 0) is 0 Å². The molecule has 0 N–H and O–H groups in total. The molecule has 60 valence electrons. The van der Waals surface area contributed by atoms with Gasteiger partial charge in [-0.2, -0.15) is 0 Å². The Hall–Kier alpha value is -0.740. The maximum atomic E-state index is 4.25. The zero-order valence-corrected chi connectivity index (χ0v) is 8.47. The highest BCUT2D eigenvalue weighted by molar-refractivity contribution is 9.11. The molecule has 0 spiro atoms. The molecule has 2 aromatic rings. The van der Waals surface area contributed by atoms with Crippen LogP contribution in [0, 0.1) is 0 Å². The van der Waals surface area contributed by atoms with Crippen LogP contribution in [0.1, 0.15) is 0 Å². The molecule has 2 nitrogen and oxygen atoms in total. The van der Waals surface area contributed by atoms with E-state index in [2.05, 4.69) is 25.9 Å². The second-order valence-electron chi connectivity index (χ2n) is 2.20. The van der Waals surface area contributed by atoms with Gasteiger partial charge in [0.2, 0.25) is 0 Å². The minimum Gasteiger partial charge on any atom is -0.255 e. The molecule has 0 aliphatic heterocycles. The molecule has 12 heavy (non-hydrogen) atoms. The minimum absolute atomic E-state index is 0.892. The molecule has 0 saturated carbocycles. The highest BCUT2D eigenvalue weighted by Gasteiger charge is 2.01. The van der Waals surface area contributed by atoms with Crippen LogP contribution >= 0.6 is 27.3 Å². The van der Waals surface area contributed by atoms with Crippen LogP contribution in [0.25, 0.3) is 11.4 Å². The number of rotatable bonds is 1. The lowest BCUT2D eigenvalue weighted by Crippen LogP contribution is -1.80. The smallest absolute Gasteiger partial charge is 0.159 e. The first-order valence-electron chi connectivity index (χ1n) is 3.39. The van der Waals surface area contributed by atoms with Gasteiger partial charge in [-0.05, 0) is 28.1 Å². The van der Waals surface area contributed by atoms with E-state index in [1.807, 2.05) is 23.6 Å². The van der Waals surface area contributed by atoms with Crippen molar-refractivity contribution in [1.29, 1.82) is 0 Å². The summed E-state index contributed by atoms with van der Waals surface area (Å²) in [5.74, 6) is 0. The summed E-state index contributed by atoms with van der Waals surface area (Å²) in [6.45, 7) is 0. The molecule has 2 heterocycles. The summed E-state index contributed by atoms with van der Waals surface area (Å²) in [6, 6.07) is 5.79. The van der Waals surface area contributed by atoms with E-state index >= 15 is 0 Å². The van der Waals surface area contributed by atoms with Crippen LogP contribution < -0.4 is 0 Å². The van der Waals surface area contributed by atoms with E-state index in [-0.39, 0.29) is 0 Å². The lowest BCUT2D eigenvalue weighted by atomic mass is 10.3. The summed E-state index contributed by atoms with van der Waals surface area (Å²) in [7, 11) is 0. The van der Waals surface area contributed by atoms with Crippen LogP contribution in [0.4, 0.5) is 0 Å². The van der Waals surface area contributed by atoms with Crippen molar-refractivity contribution in [2.45, 2.75) is 0 Å². The summed E-state index contributed by atoms with van der Waals surface area (Å²) in [4.78, 5) is 8.44. The number of hydrogen-bond acceptors (Lipinski definition) is 3. The largest absolute Gasteiger partial charge is 0.255 e. The molecule has 0 aromatic carbocycles. The van der Waals surface area contributed by atoms with Crippen molar-refractivity contribution in [2.24, 2.45) is 0 Å². The third kappa shape index (κ3) is 1.54. The Balaban J connectivity index is 2.45. The van der Waals surface area contributed by atoms with Gasteiger partial charge in [-0.25, -0.2) is 4.98 Å². The van der Waals surface area contributed by atoms with Crippen molar-refractivity contribution < 1.29 is 0 Å². The quantitative estimate of drug-likeness (QED) is 0.767. The first-order valence-corrected chi connectivity index (χ1v) is 5.06. The molecule has 0 radical (unpaired) electrons. The molecule has 2 rings (SSSR count). The Bertz CT molecular complexity index is 372. The Labute approximate surface area is 82.4 Å². The van der Waals surface area contributed by atoms with Gasteiger partial charge in [0.05, 0.1) is 5.69 Å². The second-order valence-corrected chi connectivity index (χ2v) is 4.33. The molecule has 0 aliphatic rings. The summed E-state index contributed by atoms with van der Waals surface area (Å²) in [5.41, 5.74) is 1.84. The van der Waals surface area contributed by atoms with E-state index in [0.29, 0.717) is 0 Å². The number of nitrogens with zero attached hydrogens (tertiary/aromatic N) is 2. The fraction of sp³-hybridized carbons (Fsp3) is 0. The van der Waals surface area contributed by atoms with Gasteiger partial charge < -0.3 is 0 Å². The van der Waals surface area contributed by atoms with Crippen molar-refractivity contribution in [3.8, 4) is 11.4 Å². The van der Waals surface area contributed by atoms with Gasteiger partial charge >= 0.3 is 0 Å². The summed E-state index contributed by atoms with van der Waals surface area (Å²) in [5, 5.41) is 1.98. The second kappa shape index (κ2) is 3.33. The molecule has 0 saturated heterocycles. The summed E-state index contributed by atoms with van der Waals surface area (Å²) in [6.07, 6.45) is 1.77. The fourth-order valence-electron chi connectivity index (χ4n) is 0.884. The van der Waals surface area contributed by atoms with Gasteiger partial charge in [-0.1, -0.05) is 6.07 Å². The maximum Gasteiger partial charge on any atom is 0.159 e. The normalized spacial score (nSPS) is 10.1. The zero-order valence-electron chi connectivity index (χ0n) is 6.07. The number of aromatic nitrogens is 2. The molecule has 0 atom stereocenters. The molecule has 0 unspecified atom stereocenters. The average molecular weight is 241 g/mol. The van der Waals surface area contributed by atoms with E-state index in [1.54, 1.807) is 17.5 Å². The SMILES string of the molecule is Brc1nc(-c2ccccn2)cs1. The third-order valence-corrected chi connectivity index (χ3v) is 2.77. The van der Waals surface area contributed by atoms with Crippen LogP contribution in [0.2, 0.25) is 0 Å². The summed E-state index contributed by atoms with van der Waals surface area (Å²) < 4.78 is 0.892. The molecule has 2 aromatic heterocycles. The minimum atomic E-state index is 0.892. The number of hydrogen-bond donors (Lipinski definition) is 0. The molecule has 0 bridgehead atoms. The Morgan fingerprint density at radius 2 is 2.17 bits per heavy atom. The third-order valence-electron chi connectivity index (χ3n) is 1.40. The van der Waals surface area contributed by atoms with Crippen molar-refractivity contribution in [3.05, 3.63) is 33.7 Å². The number of pyridine rings is 1. The van der Waals surface area contributed by atoms with Crippen molar-refractivity contribution in [3.63, 3.8) is 0 Å². The van der Waals surface area contributed by atoms with Crippen LogP contribution in [-0.4, -0.2) is 9.97 Å². The van der Waals surface area contributed by atoms with Crippen LogP contribution in [0.3, 0.4) is 0 Å². The number of thiazole rings is 1. The van der Waals surface area contributed by atoms with Crippen molar-refractivity contribution in [1.82, 2.24) is 9.97 Å². The predicted molar refractivity (Wildman–Crippen MR) is 53.0 cm³/mol. The molecule has 0 amide bonds. The number of halogens is 1. The maximum absolute atomic E-state index is 4.25. The van der Waals surface area contributed by atoms with Gasteiger partial charge in [0.25, 0.3) is 0 Å². The molecule has 0 aliphatic carbocycles. The molecule has 0 fully saturated rings.